The molecule has 0 aromatic heterocycles. The Morgan fingerprint density at radius 2 is 1.89 bits per heavy atom. The van der Waals surface area contributed by atoms with E-state index in [4.69, 9.17) is 0 Å². The Hall–Kier alpha value is -1.42. The van der Waals surface area contributed by atoms with Crippen molar-refractivity contribution >= 4 is 5.91 Å². The number of hydrogen-bond donors (Lipinski definition) is 2. The first-order valence-electron chi connectivity index (χ1n) is 6.81. The largest absolute Gasteiger partial charge is 0.353 e. The zero-order valence-corrected chi connectivity index (χ0v) is 11.9. The second-order valence-electron chi connectivity index (χ2n) is 4.91. The predicted octanol–water partition coefficient (Wildman–Crippen LogP) is 2.78. The molecule has 0 radical (unpaired) electrons. The van der Waals surface area contributed by atoms with Crippen LogP contribution < -0.4 is 10.6 Å². The zero-order chi connectivity index (χ0) is 14.3. The monoisotopic (exact) mass is 266 g/mol. The van der Waals surface area contributed by atoms with Gasteiger partial charge in [0.2, 0.25) is 5.91 Å². The summed E-state index contributed by atoms with van der Waals surface area (Å²) in [5.41, 5.74) is 0.968. The number of nitrogens with one attached hydrogen (secondary N) is 2. The smallest absolute Gasteiger partial charge is 0.234 e. The van der Waals surface area contributed by atoms with Crippen molar-refractivity contribution < 1.29 is 9.18 Å². The topological polar surface area (TPSA) is 41.1 Å². The molecule has 1 amide bonds. The fraction of sp³-hybridized carbons (Fsp3) is 0.533. The normalized spacial score (nSPS) is 13.9. The minimum absolute atomic E-state index is 0.00471. The molecule has 0 bridgehead atoms. The summed E-state index contributed by atoms with van der Waals surface area (Å²) < 4.78 is 12.8. The van der Waals surface area contributed by atoms with Crippen molar-refractivity contribution in [1.82, 2.24) is 10.6 Å². The Morgan fingerprint density at radius 3 is 2.47 bits per heavy atom. The molecule has 4 heteroatoms. The molecule has 2 N–H and O–H groups in total. The second-order valence-corrected chi connectivity index (χ2v) is 4.91. The average Bonchev–Trinajstić information content (AvgIpc) is 2.37. The summed E-state index contributed by atoms with van der Waals surface area (Å²) >= 11 is 0. The van der Waals surface area contributed by atoms with Crippen LogP contribution >= 0.6 is 0 Å². The number of halogens is 1. The van der Waals surface area contributed by atoms with E-state index in [9.17, 15) is 9.18 Å². The lowest BCUT2D eigenvalue weighted by Gasteiger charge is -2.16. The number of carbonyl (C=O) groups is 1. The van der Waals surface area contributed by atoms with Gasteiger partial charge in [0.15, 0.2) is 0 Å². The molecule has 0 fully saturated rings. The number of rotatable bonds is 7. The van der Waals surface area contributed by atoms with Gasteiger partial charge in [-0.2, -0.15) is 0 Å². The Kier molecular flexibility index (Phi) is 6.50. The van der Waals surface area contributed by atoms with Gasteiger partial charge in [-0.05, 0) is 38.0 Å². The van der Waals surface area contributed by atoms with Crippen LogP contribution in [0.4, 0.5) is 4.39 Å². The summed E-state index contributed by atoms with van der Waals surface area (Å²) in [7, 11) is 0. The van der Waals surface area contributed by atoms with Gasteiger partial charge in [0.05, 0.1) is 6.54 Å². The van der Waals surface area contributed by atoms with Gasteiger partial charge in [0.25, 0.3) is 0 Å². The van der Waals surface area contributed by atoms with Gasteiger partial charge in [-0.1, -0.05) is 25.5 Å². The maximum absolute atomic E-state index is 12.8. The quantitative estimate of drug-likeness (QED) is 0.796. The number of benzene rings is 1. The van der Waals surface area contributed by atoms with Crippen molar-refractivity contribution in [2.24, 2.45) is 0 Å². The zero-order valence-electron chi connectivity index (χ0n) is 11.9. The Labute approximate surface area is 114 Å². The molecule has 1 unspecified atom stereocenters. The van der Waals surface area contributed by atoms with Crippen molar-refractivity contribution in [2.75, 3.05) is 6.54 Å². The van der Waals surface area contributed by atoms with E-state index in [-0.39, 0.29) is 30.4 Å². The van der Waals surface area contributed by atoms with E-state index in [0.717, 1.165) is 18.4 Å². The van der Waals surface area contributed by atoms with E-state index in [1.165, 1.54) is 12.1 Å². The highest BCUT2D eigenvalue weighted by molar-refractivity contribution is 5.78. The highest BCUT2D eigenvalue weighted by atomic mass is 19.1. The molecule has 3 nitrogen and oxygen atoms in total. The Bertz CT molecular complexity index is 392. The van der Waals surface area contributed by atoms with Crippen LogP contribution in [-0.4, -0.2) is 18.5 Å². The summed E-state index contributed by atoms with van der Waals surface area (Å²) in [6, 6.07) is 6.54. The number of amides is 1. The van der Waals surface area contributed by atoms with Crippen LogP contribution in [0.3, 0.4) is 0 Å². The molecule has 106 valence electrons. The average molecular weight is 266 g/mol. The fourth-order valence-corrected chi connectivity index (χ4v) is 1.95. The third kappa shape index (κ3) is 5.83. The fourth-order valence-electron chi connectivity index (χ4n) is 1.95. The maximum atomic E-state index is 12.8. The third-order valence-corrected chi connectivity index (χ3v) is 3.07. The summed E-state index contributed by atoms with van der Waals surface area (Å²) in [5, 5.41) is 6.07. The van der Waals surface area contributed by atoms with Gasteiger partial charge in [-0.3, -0.25) is 4.79 Å². The number of carbonyl (C=O) groups excluding carboxylic acids is 1. The molecule has 0 aliphatic rings. The van der Waals surface area contributed by atoms with E-state index < -0.39 is 0 Å². The van der Waals surface area contributed by atoms with Gasteiger partial charge in [0, 0.05) is 12.1 Å². The molecule has 1 rings (SSSR count). The predicted molar refractivity (Wildman–Crippen MR) is 75.3 cm³/mol. The summed E-state index contributed by atoms with van der Waals surface area (Å²) in [6.45, 7) is 6.32. The molecule has 0 aliphatic heterocycles. The van der Waals surface area contributed by atoms with E-state index in [1.807, 2.05) is 13.8 Å². The molecule has 0 heterocycles. The van der Waals surface area contributed by atoms with E-state index in [1.54, 1.807) is 12.1 Å². The lowest BCUT2D eigenvalue weighted by molar-refractivity contribution is -0.121. The molecule has 0 saturated carbocycles. The van der Waals surface area contributed by atoms with Crippen LogP contribution in [0.15, 0.2) is 24.3 Å². The van der Waals surface area contributed by atoms with Crippen LogP contribution in [-0.2, 0) is 4.79 Å². The van der Waals surface area contributed by atoms with Gasteiger partial charge >= 0.3 is 0 Å². The highest BCUT2D eigenvalue weighted by Crippen LogP contribution is 2.12. The van der Waals surface area contributed by atoms with E-state index in [0.29, 0.717) is 0 Å². The first-order chi connectivity index (χ1) is 9.02. The van der Waals surface area contributed by atoms with Gasteiger partial charge in [-0.15, -0.1) is 0 Å². The number of hydrogen-bond acceptors (Lipinski definition) is 2. The van der Waals surface area contributed by atoms with Crippen molar-refractivity contribution in [1.29, 1.82) is 0 Å². The molecular weight excluding hydrogens is 243 g/mol. The molecule has 0 saturated heterocycles. The third-order valence-electron chi connectivity index (χ3n) is 3.07. The van der Waals surface area contributed by atoms with Crippen LogP contribution in [0.5, 0.6) is 0 Å². The molecule has 0 aliphatic carbocycles. The van der Waals surface area contributed by atoms with Crippen LogP contribution in [0.1, 0.15) is 45.2 Å². The maximum Gasteiger partial charge on any atom is 0.234 e. The molecule has 0 spiro atoms. The van der Waals surface area contributed by atoms with Gasteiger partial charge in [-0.25, -0.2) is 4.39 Å². The van der Waals surface area contributed by atoms with Crippen molar-refractivity contribution in [3.05, 3.63) is 35.6 Å². The summed E-state index contributed by atoms with van der Waals surface area (Å²) in [4.78, 5) is 11.7. The summed E-state index contributed by atoms with van der Waals surface area (Å²) in [6.07, 6.45) is 2.04. The Morgan fingerprint density at radius 1 is 1.26 bits per heavy atom. The second kappa shape index (κ2) is 7.89. The highest BCUT2D eigenvalue weighted by Gasteiger charge is 2.09. The standard InChI is InChI=1S/C15H23FN2O/c1-4-5-11(2)18-15(19)10-17-12(3)13-6-8-14(16)9-7-13/h6-9,11-12,17H,4-5,10H2,1-3H3,(H,18,19)/t11?,12-/m1/s1. The van der Waals surface area contributed by atoms with Crippen LogP contribution in [0, 0.1) is 5.82 Å². The molecule has 19 heavy (non-hydrogen) atoms. The Balaban J connectivity index is 2.35. The van der Waals surface area contributed by atoms with Gasteiger partial charge in [0.1, 0.15) is 5.82 Å². The molecule has 1 aromatic carbocycles. The van der Waals surface area contributed by atoms with Crippen LogP contribution in [0.25, 0.3) is 0 Å². The minimum Gasteiger partial charge on any atom is -0.353 e. The SMILES string of the molecule is CCCC(C)NC(=O)CN[C@H](C)c1ccc(F)cc1. The first kappa shape index (κ1) is 15.6. The molecule has 1 aromatic rings. The van der Waals surface area contributed by atoms with Crippen molar-refractivity contribution in [3.63, 3.8) is 0 Å². The minimum atomic E-state index is -0.248. The van der Waals surface area contributed by atoms with E-state index in [2.05, 4.69) is 17.6 Å². The first-order valence-corrected chi connectivity index (χ1v) is 6.81. The van der Waals surface area contributed by atoms with E-state index >= 15 is 0 Å². The van der Waals surface area contributed by atoms with Crippen molar-refractivity contribution in [2.45, 2.75) is 45.7 Å². The lowest BCUT2D eigenvalue weighted by atomic mass is 10.1. The molecule has 2 atom stereocenters. The summed E-state index contributed by atoms with van der Waals surface area (Å²) in [5.74, 6) is -0.253. The molecular formula is C15H23FN2O. The van der Waals surface area contributed by atoms with Crippen molar-refractivity contribution in [3.8, 4) is 0 Å². The van der Waals surface area contributed by atoms with Gasteiger partial charge < -0.3 is 10.6 Å². The van der Waals surface area contributed by atoms with Crippen LogP contribution in [0.2, 0.25) is 0 Å². The lowest BCUT2D eigenvalue weighted by Crippen LogP contribution is -2.39.